The number of piperidine rings is 2. The van der Waals surface area contributed by atoms with E-state index in [1.54, 1.807) is 17.0 Å². The van der Waals surface area contributed by atoms with Crippen LogP contribution in [0.2, 0.25) is 0 Å². The summed E-state index contributed by atoms with van der Waals surface area (Å²) in [6, 6.07) is 5.73. The van der Waals surface area contributed by atoms with E-state index in [2.05, 4.69) is 22.9 Å². The Morgan fingerprint density at radius 3 is 2.71 bits per heavy atom. The Kier molecular flexibility index (Phi) is 8.07. The SMILES string of the molecule is CC1(CNC(=O)C2CCCN(C(=O)Nc3ccccc3F)C2)CCNCC1.Cl. The molecule has 1 aromatic carbocycles. The van der Waals surface area contributed by atoms with Crippen LogP contribution in [0.4, 0.5) is 14.9 Å². The van der Waals surface area contributed by atoms with E-state index in [-0.39, 0.29) is 41.4 Å². The number of benzene rings is 1. The number of rotatable bonds is 4. The lowest BCUT2D eigenvalue weighted by molar-refractivity contribution is -0.126. The molecule has 156 valence electrons. The van der Waals surface area contributed by atoms with Gasteiger partial charge in [-0.25, -0.2) is 9.18 Å². The van der Waals surface area contributed by atoms with Gasteiger partial charge >= 0.3 is 6.03 Å². The zero-order chi connectivity index (χ0) is 19.3. The van der Waals surface area contributed by atoms with E-state index >= 15 is 0 Å². The first-order valence-electron chi connectivity index (χ1n) is 9.76. The molecule has 2 heterocycles. The third kappa shape index (κ3) is 5.82. The van der Waals surface area contributed by atoms with E-state index in [9.17, 15) is 14.0 Å². The average molecular weight is 413 g/mol. The Balaban J connectivity index is 0.00000280. The lowest BCUT2D eigenvalue weighted by Gasteiger charge is -2.36. The first-order chi connectivity index (χ1) is 13.0. The van der Waals surface area contributed by atoms with Crippen molar-refractivity contribution in [3.05, 3.63) is 30.1 Å². The summed E-state index contributed by atoms with van der Waals surface area (Å²) in [7, 11) is 0. The number of carbonyl (C=O) groups is 2. The fourth-order valence-corrected chi connectivity index (χ4v) is 3.78. The highest BCUT2D eigenvalue weighted by atomic mass is 35.5. The molecule has 3 rings (SSSR count). The van der Waals surface area contributed by atoms with Crippen LogP contribution in [-0.4, -0.2) is 49.6 Å². The molecule has 6 nitrogen and oxygen atoms in total. The highest BCUT2D eigenvalue weighted by Gasteiger charge is 2.31. The number of hydrogen-bond donors (Lipinski definition) is 3. The van der Waals surface area contributed by atoms with Gasteiger partial charge in [0, 0.05) is 19.6 Å². The van der Waals surface area contributed by atoms with Crippen molar-refractivity contribution in [1.82, 2.24) is 15.5 Å². The van der Waals surface area contributed by atoms with Gasteiger partial charge in [-0.15, -0.1) is 12.4 Å². The highest BCUT2D eigenvalue weighted by molar-refractivity contribution is 5.90. The zero-order valence-electron chi connectivity index (χ0n) is 16.3. The molecular formula is C20H30ClFN4O2. The Hall–Kier alpha value is -1.86. The van der Waals surface area contributed by atoms with Gasteiger partial charge in [0.15, 0.2) is 0 Å². The van der Waals surface area contributed by atoms with Gasteiger partial charge in [0.25, 0.3) is 0 Å². The van der Waals surface area contributed by atoms with E-state index in [1.807, 2.05) is 0 Å². The van der Waals surface area contributed by atoms with Gasteiger partial charge in [0.2, 0.25) is 5.91 Å². The van der Waals surface area contributed by atoms with E-state index in [1.165, 1.54) is 12.1 Å². The van der Waals surface area contributed by atoms with Crippen LogP contribution < -0.4 is 16.0 Å². The zero-order valence-corrected chi connectivity index (χ0v) is 17.1. The van der Waals surface area contributed by atoms with Crippen molar-refractivity contribution < 1.29 is 14.0 Å². The molecule has 0 spiro atoms. The molecule has 1 unspecified atom stereocenters. The summed E-state index contributed by atoms with van der Waals surface area (Å²) in [5, 5.41) is 9.04. The second kappa shape index (κ2) is 10.1. The van der Waals surface area contributed by atoms with E-state index in [0.717, 1.165) is 38.8 Å². The predicted octanol–water partition coefficient (Wildman–Crippen LogP) is 3.00. The van der Waals surface area contributed by atoms with Crippen molar-refractivity contribution in [3.8, 4) is 0 Å². The van der Waals surface area contributed by atoms with Gasteiger partial charge in [0.1, 0.15) is 5.82 Å². The summed E-state index contributed by atoms with van der Waals surface area (Å²) in [4.78, 5) is 26.7. The number of amides is 3. The fraction of sp³-hybridized carbons (Fsp3) is 0.600. The normalized spacial score (nSPS) is 21.4. The van der Waals surface area contributed by atoms with Crippen molar-refractivity contribution in [3.63, 3.8) is 0 Å². The molecule has 1 aromatic rings. The molecule has 8 heteroatoms. The Bertz CT molecular complexity index is 682. The summed E-state index contributed by atoms with van der Waals surface area (Å²) < 4.78 is 13.7. The van der Waals surface area contributed by atoms with Gasteiger partial charge in [-0.05, 0) is 56.3 Å². The molecule has 2 fully saturated rings. The molecular weight excluding hydrogens is 383 g/mol. The Morgan fingerprint density at radius 2 is 2.00 bits per heavy atom. The Labute approximate surface area is 172 Å². The maximum Gasteiger partial charge on any atom is 0.321 e. The highest BCUT2D eigenvalue weighted by Crippen LogP contribution is 2.27. The monoisotopic (exact) mass is 412 g/mol. The van der Waals surface area contributed by atoms with Gasteiger partial charge in [-0.2, -0.15) is 0 Å². The molecule has 0 aromatic heterocycles. The molecule has 0 aliphatic carbocycles. The summed E-state index contributed by atoms with van der Waals surface area (Å²) in [6.45, 7) is 5.80. The van der Waals surface area contributed by atoms with Crippen LogP contribution in [0.1, 0.15) is 32.6 Å². The third-order valence-electron chi connectivity index (χ3n) is 5.69. The minimum absolute atomic E-state index is 0. The van der Waals surface area contributed by atoms with Crippen molar-refractivity contribution in [1.29, 1.82) is 0 Å². The van der Waals surface area contributed by atoms with Crippen molar-refractivity contribution in [2.45, 2.75) is 32.6 Å². The smallest absolute Gasteiger partial charge is 0.321 e. The van der Waals surface area contributed by atoms with Gasteiger partial charge in [0.05, 0.1) is 11.6 Å². The standard InChI is InChI=1S/C20H29FN4O2.ClH/c1-20(8-10-22-11-9-20)14-23-18(26)15-5-4-12-25(13-15)19(27)24-17-7-3-2-6-16(17)21;/h2-3,6-7,15,22H,4-5,8-14H2,1H3,(H,23,26)(H,24,27);1H. The maximum atomic E-state index is 13.7. The van der Waals surface area contributed by atoms with Gasteiger partial charge in [-0.1, -0.05) is 19.1 Å². The molecule has 2 aliphatic rings. The van der Waals surface area contributed by atoms with Crippen LogP contribution in [0.15, 0.2) is 24.3 Å². The van der Waals surface area contributed by atoms with Crippen molar-refractivity contribution in [2.75, 3.05) is 38.0 Å². The van der Waals surface area contributed by atoms with E-state index in [0.29, 0.717) is 19.6 Å². The fourth-order valence-electron chi connectivity index (χ4n) is 3.78. The molecule has 0 saturated carbocycles. The quantitative estimate of drug-likeness (QED) is 0.711. The summed E-state index contributed by atoms with van der Waals surface area (Å²) >= 11 is 0. The van der Waals surface area contributed by atoms with Crippen LogP contribution in [-0.2, 0) is 4.79 Å². The molecule has 3 amide bonds. The molecule has 0 radical (unpaired) electrons. The summed E-state index contributed by atoms with van der Waals surface area (Å²) in [6.07, 6.45) is 3.64. The lowest BCUT2D eigenvalue weighted by atomic mass is 9.81. The number of halogens is 2. The third-order valence-corrected chi connectivity index (χ3v) is 5.69. The lowest BCUT2D eigenvalue weighted by Crippen LogP contribution is -2.49. The molecule has 3 N–H and O–H groups in total. The van der Waals surface area contributed by atoms with E-state index < -0.39 is 5.82 Å². The van der Waals surface area contributed by atoms with E-state index in [4.69, 9.17) is 0 Å². The van der Waals surface area contributed by atoms with Crippen LogP contribution in [0, 0.1) is 17.2 Å². The number of urea groups is 1. The van der Waals surface area contributed by atoms with Gasteiger partial charge in [-0.3, -0.25) is 4.79 Å². The second-order valence-corrected chi connectivity index (χ2v) is 7.97. The largest absolute Gasteiger partial charge is 0.355 e. The van der Waals surface area contributed by atoms with Crippen LogP contribution >= 0.6 is 12.4 Å². The minimum atomic E-state index is -0.465. The first kappa shape index (κ1) is 22.4. The van der Waals surface area contributed by atoms with Crippen LogP contribution in [0.5, 0.6) is 0 Å². The van der Waals surface area contributed by atoms with Crippen molar-refractivity contribution in [2.24, 2.45) is 11.3 Å². The van der Waals surface area contributed by atoms with Gasteiger partial charge < -0.3 is 20.9 Å². The number of nitrogens with zero attached hydrogens (tertiary/aromatic N) is 1. The molecule has 0 bridgehead atoms. The number of nitrogens with one attached hydrogen (secondary N) is 3. The Morgan fingerprint density at radius 1 is 1.29 bits per heavy atom. The number of hydrogen-bond acceptors (Lipinski definition) is 3. The maximum absolute atomic E-state index is 13.7. The molecule has 1 atom stereocenters. The van der Waals surface area contributed by atoms with Crippen LogP contribution in [0.25, 0.3) is 0 Å². The number of carbonyl (C=O) groups excluding carboxylic acids is 2. The molecule has 2 saturated heterocycles. The number of likely N-dealkylation sites (tertiary alicyclic amines) is 1. The first-order valence-corrected chi connectivity index (χ1v) is 9.76. The number of para-hydroxylation sites is 1. The topological polar surface area (TPSA) is 73.5 Å². The van der Waals surface area contributed by atoms with Crippen LogP contribution in [0.3, 0.4) is 0 Å². The average Bonchev–Trinajstić information content (AvgIpc) is 2.68. The predicted molar refractivity (Wildman–Crippen MR) is 110 cm³/mol. The molecule has 28 heavy (non-hydrogen) atoms. The number of anilines is 1. The summed E-state index contributed by atoms with van der Waals surface area (Å²) in [5.41, 5.74) is 0.296. The summed E-state index contributed by atoms with van der Waals surface area (Å²) in [5.74, 6) is -0.666. The second-order valence-electron chi connectivity index (χ2n) is 7.97. The van der Waals surface area contributed by atoms with Crippen molar-refractivity contribution >= 4 is 30.0 Å². The molecule has 2 aliphatic heterocycles. The minimum Gasteiger partial charge on any atom is -0.355 e.